The molecule has 136 valence electrons. The minimum atomic E-state index is -0.140. The predicted octanol–water partition coefficient (Wildman–Crippen LogP) is 4.41. The second-order valence-corrected chi connectivity index (χ2v) is 9.57. The SMILES string of the molecule is CC(=O)Nc1nc2ccc(NC(=O)C34CC5CC(CC(C5)C3)C4)cc2s1. The summed E-state index contributed by atoms with van der Waals surface area (Å²) in [6, 6.07) is 5.79. The third-order valence-corrected chi connectivity index (χ3v) is 7.38. The molecule has 0 atom stereocenters. The quantitative estimate of drug-likeness (QED) is 0.842. The van der Waals surface area contributed by atoms with Crippen LogP contribution in [0.3, 0.4) is 0 Å². The first-order chi connectivity index (χ1) is 12.5. The summed E-state index contributed by atoms with van der Waals surface area (Å²) in [6.45, 7) is 1.48. The lowest BCUT2D eigenvalue weighted by Gasteiger charge is -2.55. The van der Waals surface area contributed by atoms with Gasteiger partial charge in [0, 0.05) is 12.6 Å². The van der Waals surface area contributed by atoms with E-state index in [9.17, 15) is 9.59 Å². The number of carbonyl (C=O) groups is 2. The molecule has 4 saturated carbocycles. The second-order valence-electron chi connectivity index (χ2n) is 8.53. The van der Waals surface area contributed by atoms with Gasteiger partial charge in [0.15, 0.2) is 5.13 Å². The summed E-state index contributed by atoms with van der Waals surface area (Å²) >= 11 is 1.43. The molecule has 1 heterocycles. The molecule has 4 bridgehead atoms. The average molecular weight is 369 g/mol. The van der Waals surface area contributed by atoms with E-state index in [2.05, 4.69) is 15.6 Å². The van der Waals surface area contributed by atoms with Crippen LogP contribution in [-0.4, -0.2) is 16.8 Å². The van der Waals surface area contributed by atoms with E-state index in [1.54, 1.807) is 0 Å². The number of nitrogens with zero attached hydrogens (tertiary/aromatic N) is 1. The monoisotopic (exact) mass is 369 g/mol. The third-order valence-electron chi connectivity index (χ3n) is 6.45. The van der Waals surface area contributed by atoms with E-state index in [4.69, 9.17) is 0 Å². The Bertz CT molecular complexity index is 868. The average Bonchev–Trinajstić information content (AvgIpc) is 2.94. The summed E-state index contributed by atoms with van der Waals surface area (Å²) in [7, 11) is 0. The van der Waals surface area contributed by atoms with Crippen molar-refractivity contribution >= 4 is 44.2 Å². The van der Waals surface area contributed by atoms with Gasteiger partial charge in [0.25, 0.3) is 0 Å². The highest BCUT2D eigenvalue weighted by Crippen LogP contribution is 2.60. The van der Waals surface area contributed by atoms with E-state index in [0.29, 0.717) is 5.13 Å². The molecule has 2 aromatic rings. The summed E-state index contributed by atoms with van der Waals surface area (Å²) in [4.78, 5) is 28.8. The summed E-state index contributed by atoms with van der Waals surface area (Å²) in [5.74, 6) is 2.37. The number of carbonyl (C=O) groups excluding carboxylic acids is 2. The number of hydrogen-bond acceptors (Lipinski definition) is 4. The van der Waals surface area contributed by atoms with Gasteiger partial charge in [-0.3, -0.25) is 9.59 Å². The van der Waals surface area contributed by atoms with Crippen molar-refractivity contribution in [2.75, 3.05) is 10.6 Å². The molecule has 1 aromatic heterocycles. The molecule has 5 nitrogen and oxygen atoms in total. The smallest absolute Gasteiger partial charge is 0.230 e. The van der Waals surface area contributed by atoms with Gasteiger partial charge in [-0.2, -0.15) is 0 Å². The Balaban J connectivity index is 1.37. The summed E-state index contributed by atoms with van der Waals surface area (Å²) in [5, 5.41) is 6.51. The maximum absolute atomic E-state index is 13.2. The first kappa shape index (κ1) is 16.2. The van der Waals surface area contributed by atoms with Crippen LogP contribution in [-0.2, 0) is 9.59 Å². The minimum Gasteiger partial charge on any atom is -0.326 e. The van der Waals surface area contributed by atoms with Gasteiger partial charge < -0.3 is 10.6 Å². The van der Waals surface area contributed by atoms with Crippen LogP contribution < -0.4 is 10.6 Å². The Hall–Kier alpha value is -1.95. The maximum Gasteiger partial charge on any atom is 0.230 e. The molecule has 4 fully saturated rings. The second kappa shape index (κ2) is 5.78. The van der Waals surface area contributed by atoms with Crippen LogP contribution in [0.5, 0.6) is 0 Å². The van der Waals surface area contributed by atoms with Crippen LogP contribution in [0.2, 0.25) is 0 Å². The topological polar surface area (TPSA) is 71.1 Å². The van der Waals surface area contributed by atoms with Crippen LogP contribution in [0.25, 0.3) is 10.2 Å². The normalized spacial score (nSPS) is 32.0. The fourth-order valence-corrected chi connectivity index (χ4v) is 6.81. The van der Waals surface area contributed by atoms with Gasteiger partial charge in [0.2, 0.25) is 11.8 Å². The molecule has 0 saturated heterocycles. The van der Waals surface area contributed by atoms with E-state index in [-0.39, 0.29) is 17.2 Å². The summed E-state index contributed by atoms with van der Waals surface area (Å²) in [5.41, 5.74) is 1.53. The van der Waals surface area contributed by atoms with Crippen molar-refractivity contribution in [3.05, 3.63) is 18.2 Å². The Morgan fingerprint density at radius 2 is 1.73 bits per heavy atom. The third kappa shape index (κ3) is 2.71. The number of aromatic nitrogens is 1. The number of fused-ring (bicyclic) bond motifs is 1. The molecular weight excluding hydrogens is 346 g/mol. The molecule has 26 heavy (non-hydrogen) atoms. The standard InChI is InChI=1S/C20H23N3O2S/c1-11(24)21-19-23-16-3-2-15(7-17(16)26-19)22-18(25)20-8-12-4-13(9-20)6-14(5-12)10-20/h2-3,7,12-14H,4-6,8-10H2,1H3,(H,22,25)(H,21,23,24). The number of rotatable bonds is 3. The van der Waals surface area contributed by atoms with E-state index >= 15 is 0 Å². The highest BCUT2D eigenvalue weighted by atomic mass is 32.1. The van der Waals surface area contributed by atoms with Crippen molar-refractivity contribution in [3.63, 3.8) is 0 Å². The summed E-state index contributed by atoms with van der Waals surface area (Å²) in [6.07, 6.45) is 7.22. The zero-order valence-electron chi connectivity index (χ0n) is 14.9. The van der Waals surface area contributed by atoms with Crippen LogP contribution in [0, 0.1) is 23.2 Å². The van der Waals surface area contributed by atoms with Crippen molar-refractivity contribution in [1.82, 2.24) is 4.98 Å². The van der Waals surface area contributed by atoms with Gasteiger partial charge in [-0.15, -0.1) is 0 Å². The van der Waals surface area contributed by atoms with Gasteiger partial charge in [-0.25, -0.2) is 4.98 Å². The molecule has 0 spiro atoms. The van der Waals surface area contributed by atoms with E-state index < -0.39 is 0 Å². The van der Waals surface area contributed by atoms with Gasteiger partial charge in [-0.05, 0) is 74.5 Å². The van der Waals surface area contributed by atoms with Crippen molar-refractivity contribution in [2.45, 2.75) is 45.4 Å². The van der Waals surface area contributed by atoms with Crippen molar-refractivity contribution < 1.29 is 9.59 Å². The first-order valence-corrected chi connectivity index (χ1v) is 10.3. The molecule has 4 aliphatic rings. The number of benzene rings is 1. The van der Waals surface area contributed by atoms with E-state index in [1.807, 2.05) is 18.2 Å². The highest BCUT2D eigenvalue weighted by molar-refractivity contribution is 7.22. The molecule has 2 N–H and O–H groups in total. The molecule has 0 unspecified atom stereocenters. The molecule has 1 aromatic carbocycles. The lowest BCUT2D eigenvalue weighted by Crippen LogP contribution is -2.51. The van der Waals surface area contributed by atoms with Crippen LogP contribution in [0.15, 0.2) is 18.2 Å². The Morgan fingerprint density at radius 3 is 2.35 bits per heavy atom. The van der Waals surface area contributed by atoms with Gasteiger partial charge in [0.1, 0.15) is 0 Å². The first-order valence-electron chi connectivity index (χ1n) is 9.49. The van der Waals surface area contributed by atoms with E-state index in [0.717, 1.165) is 52.9 Å². The maximum atomic E-state index is 13.2. The lowest BCUT2D eigenvalue weighted by atomic mass is 9.49. The fraction of sp³-hybridized carbons (Fsp3) is 0.550. The predicted molar refractivity (Wildman–Crippen MR) is 103 cm³/mol. The van der Waals surface area contributed by atoms with Crippen LogP contribution in [0.1, 0.15) is 45.4 Å². The molecule has 4 aliphatic carbocycles. The van der Waals surface area contributed by atoms with Crippen molar-refractivity contribution in [1.29, 1.82) is 0 Å². The fourth-order valence-electron chi connectivity index (χ4n) is 5.86. The molecule has 2 amide bonds. The molecule has 6 rings (SSSR count). The van der Waals surface area contributed by atoms with Gasteiger partial charge in [-0.1, -0.05) is 11.3 Å². The molecule has 0 radical (unpaired) electrons. The van der Waals surface area contributed by atoms with Crippen LogP contribution in [0.4, 0.5) is 10.8 Å². The highest BCUT2D eigenvalue weighted by Gasteiger charge is 2.54. The zero-order chi connectivity index (χ0) is 17.9. The van der Waals surface area contributed by atoms with Gasteiger partial charge >= 0.3 is 0 Å². The van der Waals surface area contributed by atoms with Crippen LogP contribution >= 0.6 is 11.3 Å². The number of thiazole rings is 1. The Kier molecular flexibility index (Phi) is 3.61. The lowest BCUT2D eigenvalue weighted by molar-refractivity contribution is -0.140. The van der Waals surface area contributed by atoms with Gasteiger partial charge in [0.05, 0.1) is 15.6 Å². The number of hydrogen-bond donors (Lipinski definition) is 2. The molecular formula is C20H23N3O2S. The minimum absolute atomic E-state index is 0.126. The molecule has 0 aliphatic heterocycles. The zero-order valence-corrected chi connectivity index (χ0v) is 15.7. The summed E-state index contributed by atoms with van der Waals surface area (Å²) < 4.78 is 0.970. The molecule has 6 heteroatoms. The Labute approximate surface area is 156 Å². The number of amides is 2. The number of nitrogens with one attached hydrogen (secondary N) is 2. The van der Waals surface area contributed by atoms with E-state index in [1.165, 1.54) is 37.5 Å². The van der Waals surface area contributed by atoms with Crippen molar-refractivity contribution in [3.8, 4) is 0 Å². The Morgan fingerprint density at radius 1 is 1.08 bits per heavy atom. The largest absolute Gasteiger partial charge is 0.326 e. The number of anilines is 2. The van der Waals surface area contributed by atoms with Crippen molar-refractivity contribution in [2.24, 2.45) is 23.2 Å².